The number of alkyl halides is 3. The summed E-state index contributed by atoms with van der Waals surface area (Å²) in [6.45, 7) is -0.0680. The van der Waals surface area contributed by atoms with E-state index in [1.54, 1.807) is 0 Å². The van der Waals surface area contributed by atoms with Crippen molar-refractivity contribution in [3.05, 3.63) is 0 Å². The van der Waals surface area contributed by atoms with E-state index in [1.807, 2.05) is 0 Å². The molecule has 0 aliphatic carbocycles. The standard InChI is InChI=1S/C7H7ClF3NO2/c8-5(13)4-2-1-3-12(4)6(14)7(9,10)11/h4H,1-3H2. The van der Waals surface area contributed by atoms with Crippen LogP contribution in [-0.2, 0) is 9.59 Å². The fourth-order valence-corrected chi connectivity index (χ4v) is 1.64. The Labute approximate surface area is 82.8 Å². The molecule has 0 aromatic carbocycles. The molecule has 0 bridgehead atoms. The summed E-state index contributed by atoms with van der Waals surface area (Å²) >= 11 is 5.07. The number of nitrogens with zero attached hydrogens (tertiary/aromatic N) is 1. The Kier molecular flexibility index (Phi) is 3.04. The fraction of sp³-hybridized carbons (Fsp3) is 0.714. The number of amides is 1. The SMILES string of the molecule is O=C(Cl)C1CCCN1C(=O)C(F)(F)F. The highest BCUT2D eigenvalue weighted by Crippen LogP contribution is 2.26. The number of carbonyl (C=O) groups excluding carboxylic acids is 2. The third-order valence-corrected chi connectivity index (χ3v) is 2.27. The molecule has 0 aromatic rings. The van der Waals surface area contributed by atoms with Crippen LogP contribution in [0.4, 0.5) is 13.2 Å². The maximum Gasteiger partial charge on any atom is 0.471 e. The van der Waals surface area contributed by atoms with Gasteiger partial charge in [-0.2, -0.15) is 13.2 Å². The van der Waals surface area contributed by atoms with Crippen LogP contribution in [0.3, 0.4) is 0 Å². The minimum absolute atomic E-state index is 0.0680. The molecule has 3 nitrogen and oxygen atoms in total. The first kappa shape index (κ1) is 11.3. The van der Waals surface area contributed by atoms with Crippen molar-refractivity contribution in [1.29, 1.82) is 0 Å². The van der Waals surface area contributed by atoms with Crippen molar-refractivity contribution in [3.63, 3.8) is 0 Å². The summed E-state index contributed by atoms with van der Waals surface area (Å²) in [5.74, 6) is -1.99. The fourth-order valence-electron chi connectivity index (χ4n) is 1.41. The number of halogens is 4. The summed E-state index contributed by atoms with van der Waals surface area (Å²) in [5.41, 5.74) is 0. The van der Waals surface area contributed by atoms with Gasteiger partial charge in [0.05, 0.1) is 0 Å². The summed E-state index contributed by atoms with van der Waals surface area (Å²) < 4.78 is 36.0. The van der Waals surface area contributed by atoms with E-state index >= 15 is 0 Å². The summed E-state index contributed by atoms with van der Waals surface area (Å²) in [5, 5.41) is -0.917. The molecule has 0 radical (unpaired) electrons. The summed E-state index contributed by atoms with van der Waals surface area (Å²) in [4.78, 5) is 21.9. The van der Waals surface area contributed by atoms with E-state index in [9.17, 15) is 22.8 Å². The lowest BCUT2D eigenvalue weighted by atomic mass is 10.2. The van der Waals surface area contributed by atoms with Crippen molar-refractivity contribution in [2.24, 2.45) is 0 Å². The van der Waals surface area contributed by atoms with Crippen LogP contribution in [0.25, 0.3) is 0 Å². The van der Waals surface area contributed by atoms with Gasteiger partial charge in [0.25, 0.3) is 0 Å². The van der Waals surface area contributed by atoms with Gasteiger partial charge in [0.1, 0.15) is 6.04 Å². The van der Waals surface area contributed by atoms with Crippen molar-refractivity contribution < 1.29 is 22.8 Å². The Balaban J connectivity index is 2.77. The quantitative estimate of drug-likeness (QED) is 0.636. The number of hydrogen-bond acceptors (Lipinski definition) is 2. The molecule has 1 amide bonds. The average Bonchev–Trinajstić information content (AvgIpc) is 2.48. The molecule has 1 atom stereocenters. The number of likely N-dealkylation sites (tertiary alicyclic amines) is 1. The molecule has 1 saturated heterocycles. The predicted molar refractivity (Wildman–Crippen MR) is 41.7 cm³/mol. The van der Waals surface area contributed by atoms with E-state index in [0.29, 0.717) is 11.3 Å². The van der Waals surface area contributed by atoms with E-state index in [2.05, 4.69) is 0 Å². The first-order valence-corrected chi connectivity index (χ1v) is 4.29. The lowest BCUT2D eigenvalue weighted by Gasteiger charge is -2.22. The Morgan fingerprint density at radius 2 is 1.93 bits per heavy atom. The van der Waals surface area contributed by atoms with Crippen molar-refractivity contribution in [3.8, 4) is 0 Å². The molecule has 1 unspecified atom stereocenters. The van der Waals surface area contributed by atoms with Gasteiger partial charge in [-0.25, -0.2) is 0 Å². The normalized spacial score (nSPS) is 22.6. The molecule has 0 aromatic heterocycles. The highest BCUT2D eigenvalue weighted by atomic mass is 35.5. The number of carbonyl (C=O) groups is 2. The number of rotatable bonds is 1. The second-order valence-electron chi connectivity index (χ2n) is 2.96. The Hall–Kier alpha value is -0.780. The van der Waals surface area contributed by atoms with E-state index in [-0.39, 0.29) is 13.0 Å². The molecule has 1 rings (SSSR count). The van der Waals surface area contributed by atoms with Crippen LogP contribution in [0, 0.1) is 0 Å². The number of hydrogen-bond donors (Lipinski definition) is 0. The van der Waals surface area contributed by atoms with Crippen molar-refractivity contribution in [2.45, 2.75) is 25.1 Å². The Bertz CT molecular complexity index is 266. The van der Waals surface area contributed by atoms with Gasteiger partial charge in [-0.15, -0.1) is 0 Å². The molecule has 1 aliphatic heterocycles. The van der Waals surface area contributed by atoms with Gasteiger partial charge < -0.3 is 4.90 Å². The van der Waals surface area contributed by atoms with Crippen LogP contribution in [0.15, 0.2) is 0 Å². The largest absolute Gasteiger partial charge is 0.471 e. The van der Waals surface area contributed by atoms with E-state index < -0.39 is 23.4 Å². The van der Waals surface area contributed by atoms with Gasteiger partial charge in [0.2, 0.25) is 5.24 Å². The molecule has 0 saturated carbocycles. The Morgan fingerprint density at radius 1 is 1.36 bits per heavy atom. The summed E-state index contributed by atoms with van der Waals surface area (Å²) in [6, 6.07) is -1.12. The van der Waals surface area contributed by atoms with Crippen molar-refractivity contribution in [2.75, 3.05) is 6.54 Å². The average molecular weight is 230 g/mol. The van der Waals surface area contributed by atoms with Crippen LogP contribution in [0.2, 0.25) is 0 Å². The smallest absolute Gasteiger partial charge is 0.324 e. The molecule has 1 fully saturated rings. The lowest BCUT2D eigenvalue weighted by Crippen LogP contribution is -2.45. The summed E-state index contributed by atoms with van der Waals surface area (Å²) in [7, 11) is 0. The van der Waals surface area contributed by atoms with Crippen LogP contribution in [0.1, 0.15) is 12.8 Å². The molecule has 0 spiro atoms. The zero-order valence-corrected chi connectivity index (χ0v) is 7.73. The second-order valence-corrected chi connectivity index (χ2v) is 3.33. The lowest BCUT2D eigenvalue weighted by molar-refractivity contribution is -0.186. The topological polar surface area (TPSA) is 37.4 Å². The minimum atomic E-state index is -4.94. The highest BCUT2D eigenvalue weighted by molar-refractivity contribution is 6.64. The predicted octanol–water partition coefficient (Wildman–Crippen LogP) is 1.31. The highest BCUT2D eigenvalue weighted by Gasteiger charge is 2.47. The third-order valence-electron chi connectivity index (χ3n) is 2.02. The van der Waals surface area contributed by atoms with Crippen molar-refractivity contribution >= 4 is 22.8 Å². The van der Waals surface area contributed by atoms with Crippen LogP contribution in [-0.4, -0.2) is 34.8 Å². The second kappa shape index (κ2) is 3.76. The monoisotopic (exact) mass is 229 g/mol. The van der Waals surface area contributed by atoms with Gasteiger partial charge in [-0.3, -0.25) is 9.59 Å². The van der Waals surface area contributed by atoms with E-state index in [0.717, 1.165) is 0 Å². The van der Waals surface area contributed by atoms with Gasteiger partial charge in [0, 0.05) is 6.54 Å². The van der Waals surface area contributed by atoms with E-state index in [1.165, 1.54) is 0 Å². The molecule has 80 valence electrons. The maximum atomic E-state index is 12.0. The first-order valence-electron chi connectivity index (χ1n) is 3.91. The molecule has 1 aliphatic rings. The van der Waals surface area contributed by atoms with Gasteiger partial charge >= 0.3 is 12.1 Å². The summed E-state index contributed by atoms with van der Waals surface area (Å²) in [6.07, 6.45) is -4.37. The molecular weight excluding hydrogens is 223 g/mol. The van der Waals surface area contributed by atoms with E-state index in [4.69, 9.17) is 11.6 Å². The maximum absolute atomic E-state index is 12.0. The molecule has 1 heterocycles. The van der Waals surface area contributed by atoms with Gasteiger partial charge in [-0.1, -0.05) is 0 Å². The van der Waals surface area contributed by atoms with Crippen LogP contribution >= 0.6 is 11.6 Å². The van der Waals surface area contributed by atoms with Crippen molar-refractivity contribution in [1.82, 2.24) is 4.90 Å². The van der Waals surface area contributed by atoms with Gasteiger partial charge in [0.15, 0.2) is 0 Å². The minimum Gasteiger partial charge on any atom is -0.324 e. The zero-order chi connectivity index (χ0) is 10.9. The first-order chi connectivity index (χ1) is 6.34. The molecule has 7 heteroatoms. The Morgan fingerprint density at radius 3 is 2.36 bits per heavy atom. The van der Waals surface area contributed by atoms with Crippen LogP contribution in [0.5, 0.6) is 0 Å². The molecular formula is C7H7ClF3NO2. The zero-order valence-electron chi connectivity index (χ0n) is 6.97. The molecule has 14 heavy (non-hydrogen) atoms. The third kappa shape index (κ3) is 2.17. The van der Waals surface area contributed by atoms with Crippen LogP contribution < -0.4 is 0 Å². The molecule has 0 N–H and O–H groups in total. The van der Waals surface area contributed by atoms with Gasteiger partial charge in [-0.05, 0) is 24.4 Å².